The summed E-state index contributed by atoms with van der Waals surface area (Å²) in [6.45, 7) is -3.49. The first-order valence-electron chi connectivity index (χ1n) is 16.1. The Bertz CT molecular complexity index is 837. The molecule has 0 aliphatic heterocycles. The molecule has 0 spiro atoms. The van der Waals surface area contributed by atoms with Crippen molar-refractivity contribution in [2.45, 2.75) is 103 Å². The summed E-state index contributed by atoms with van der Waals surface area (Å²) in [5.41, 5.74) is 0. The Kier molecular flexibility index (Phi) is 14.2. The van der Waals surface area contributed by atoms with Crippen LogP contribution in [0.3, 0.4) is 0 Å². The van der Waals surface area contributed by atoms with Crippen LogP contribution in [0.5, 0.6) is 0 Å². The first kappa shape index (κ1) is 23.4. The minimum absolute atomic E-state index is 0.0426. The Hall–Kier alpha value is -0.760. The van der Waals surface area contributed by atoms with Crippen LogP contribution >= 0.6 is 7.82 Å². The van der Waals surface area contributed by atoms with E-state index in [4.69, 9.17) is 18.9 Å². The number of carbonyl (C=O) groups excluding carboxylic acids is 1. The fraction of sp³-hybridized carbons (Fsp3) is 0.885. The molecule has 0 saturated carbocycles. The van der Waals surface area contributed by atoms with Gasteiger partial charge < -0.3 is 28.3 Å². The molecule has 0 saturated heterocycles. The Morgan fingerprint density at radius 2 is 1.60 bits per heavy atom. The summed E-state index contributed by atoms with van der Waals surface area (Å²) in [6, 6.07) is 0. The van der Waals surface area contributed by atoms with Crippen LogP contribution in [0.1, 0.15) is 106 Å². The molecule has 0 heterocycles. The van der Waals surface area contributed by atoms with E-state index in [0.29, 0.717) is 30.3 Å². The summed E-state index contributed by atoms with van der Waals surface area (Å²) < 4.78 is 79.1. The van der Waals surface area contributed by atoms with Gasteiger partial charge in [-0.15, -0.1) is 0 Å². The molecule has 0 aromatic carbocycles. The van der Waals surface area contributed by atoms with E-state index in [-0.39, 0.29) is 26.1 Å². The maximum Gasteiger partial charge on any atom is 0.305 e. The van der Waals surface area contributed by atoms with Gasteiger partial charge in [-0.3, -0.25) is 9.36 Å². The standard InChI is InChI=1S/C26H52NO7P/c1-5-6-7-8-9-10-11-12-13-14-15-16-17-18-19-20-26(29)32-23-25(28)24-34-35(30,31)33-22-21-27(2,3)4/h12-13,25,28H,5-11,14-24H2,1-4H3/t25-/m1/s1/i1D3,5D2,6D2. The zero-order chi connectivity index (χ0) is 32.5. The van der Waals surface area contributed by atoms with Gasteiger partial charge in [-0.25, -0.2) is 0 Å². The number of carbonyl (C=O) groups is 1. The van der Waals surface area contributed by atoms with Crippen molar-refractivity contribution >= 4 is 13.8 Å². The minimum atomic E-state index is -4.54. The molecule has 0 radical (unpaired) electrons. The topological polar surface area (TPSA) is 105 Å². The number of esters is 1. The number of allylic oxidation sites excluding steroid dienone is 2. The average molecular weight is 529 g/mol. The van der Waals surface area contributed by atoms with Crippen molar-refractivity contribution in [1.29, 1.82) is 0 Å². The lowest BCUT2D eigenvalue weighted by Gasteiger charge is -2.27. The highest BCUT2D eigenvalue weighted by Crippen LogP contribution is 2.38. The summed E-state index contributed by atoms with van der Waals surface area (Å²) in [5.74, 6) is -0.464. The average Bonchev–Trinajstić information content (AvgIpc) is 2.84. The van der Waals surface area contributed by atoms with Gasteiger partial charge in [0.25, 0.3) is 7.82 Å². The zero-order valence-electron chi connectivity index (χ0n) is 28.8. The van der Waals surface area contributed by atoms with Crippen LogP contribution in [0.15, 0.2) is 12.2 Å². The highest BCUT2D eigenvalue weighted by molar-refractivity contribution is 7.45. The van der Waals surface area contributed by atoms with Crippen LogP contribution < -0.4 is 4.89 Å². The van der Waals surface area contributed by atoms with Crippen molar-refractivity contribution in [2.75, 3.05) is 47.5 Å². The zero-order valence-corrected chi connectivity index (χ0v) is 22.7. The number of aliphatic hydroxyl groups is 1. The maximum absolute atomic E-state index is 11.8. The SMILES string of the molecule is [2H]C([2H])([2H])C([2H])([2H])C([2H])([2H])CCCCCC=CCCCCCCCC(=O)OC[C@@H](O)COP(=O)([O-])OCC[N+](C)(C)C. The molecule has 0 rings (SSSR count). The van der Waals surface area contributed by atoms with Crippen LogP contribution in [0.25, 0.3) is 0 Å². The molecule has 35 heavy (non-hydrogen) atoms. The minimum Gasteiger partial charge on any atom is -0.756 e. The third-order valence-electron chi connectivity index (χ3n) is 5.05. The molecule has 0 aromatic rings. The van der Waals surface area contributed by atoms with Crippen LogP contribution in [0.2, 0.25) is 0 Å². The van der Waals surface area contributed by atoms with E-state index in [1.807, 2.05) is 21.1 Å². The Labute approximate surface area is 224 Å². The van der Waals surface area contributed by atoms with E-state index in [1.54, 1.807) is 0 Å². The van der Waals surface area contributed by atoms with Gasteiger partial charge in [0.1, 0.15) is 25.9 Å². The number of hydrogen-bond acceptors (Lipinski definition) is 7. The van der Waals surface area contributed by atoms with E-state index < -0.39 is 46.1 Å². The molecule has 1 unspecified atom stereocenters. The quantitative estimate of drug-likeness (QED) is 0.0608. The van der Waals surface area contributed by atoms with E-state index in [2.05, 4.69) is 16.7 Å². The molecule has 0 amide bonds. The van der Waals surface area contributed by atoms with E-state index in [0.717, 1.165) is 44.9 Å². The maximum atomic E-state index is 11.8. The van der Waals surface area contributed by atoms with Crippen molar-refractivity contribution < 1.29 is 47.2 Å². The monoisotopic (exact) mass is 528 g/mol. The smallest absolute Gasteiger partial charge is 0.305 e. The van der Waals surface area contributed by atoms with Crippen molar-refractivity contribution in [2.24, 2.45) is 0 Å². The van der Waals surface area contributed by atoms with Crippen molar-refractivity contribution in [3.05, 3.63) is 12.2 Å². The highest BCUT2D eigenvalue weighted by atomic mass is 31.2. The van der Waals surface area contributed by atoms with Crippen molar-refractivity contribution in [1.82, 2.24) is 0 Å². The summed E-state index contributed by atoms with van der Waals surface area (Å²) >= 11 is 0. The van der Waals surface area contributed by atoms with Gasteiger partial charge in [0.15, 0.2) is 0 Å². The van der Waals surface area contributed by atoms with E-state index in [9.17, 15) is 19.4 Å². The highest BCUT2D eigenvalue weighted by Gasteiger charge is 2.16. The van der Waals surface area contributed by atoms with Crippen LogP contribution in [-0.4, -0.2) is 69.2 Å². The number of likely N-dealkylation sites (N-methyl/N-ethyl adjacent to an activating group) is 1. The molecule has 0 aliphatic rings. The lowest BCUT2D eigenvalue weighted by Crippen LogP contribution is -2.37. The molecule has 208 valence electrons. The number of phosphoric acid groups is 1. The van der Waals surface area contributed by atoms with Crippen LogP contribution in [0.4, 0.5) is 0 Å². The van der Waals surface area contributed by atoms with E-state index >= 15 is 0 Å². The van der Waals surface area contributed by atoms with Gasteiger partial charge in [-0.2, -0.15) is 0 Å². The van der Waals surface area contributed by atoms with Gasteiger partial charge in [0.2, 0.25) is 0 Å². The molecule has 0 aromatic heterocycles. The van der Waals surface area contributed by atoms with Gasteiger partial charge in [-0.05, 0) is 32.1 Å². The third kappa shape index (κ3) is 26.1. The number of hydrogen-bond donors (Lipinski definition) is 1. The first-order chi connectivity index (χ1) is 19.2. The molecule has 0 bridgehead atoms. The molecular weight excluding hydrogens is 469 g/mol. The predicted molar refractivity (Wildman–Crippen MR) is 139 cm³/mol. The molecule has 0 aliphatic carbocycles. The van der Waals surface area contributed by atoms with Gasteiger partial charge in [-0.1, -0.05) is 70.3 Å². The Morgan fingerprint density at radius 3 is 2.23 bits per heavy atom. The second-order valence-electron chi connectivity index (χ2n) is 9.61. The lowest BCUT2D eigenvalue weighted by molar-refractivity contribution is -0.870. The number of rotatable bonds is 24. The normalized spacial score (nSPS) is 18.9. The van der Waals surface area contributed by atoms with Crippen LogP contribution in [0, 0.1) is 0 Å². The molecular formula is C26H52NO7P. The fourth-order valence-electron chi connectivity index (χ4n) is 2.96. The number of aliphatic hydroxyl groups excluding tert-OH is 1. The first-order valence-corrected chi connectivity index (χ1v) is 14.1. The van der Waals surface area contributed by atoms with Gasteiger partial charge >= 0.3 is 5.97 Å². The number of phosphoric ester groups is 1. The molecule has 9 heteroatoms. The summed E-state index contributed by atoms with van der Waals surface area (Å²) in [7, 11) is 1.13. The van der Waals surface area contributed by atoms with Gasteiger partial charge in [0.05, 0.1) is 27.7 Å². The van der Waals surface area contributed by atoms with Gasteiger partial charge in [0, 0.05) is 16.0 Å². The molecule has 1 N–H and O–H groups in total. The third-order valence-corrected chi connectivity index (χ3v) is 6.02. The fourth-order valence-corrected chi connectivity index (χ4v) is 3.70. The number of ether oxygens (including phenoxy) is 1. The van der Waals surface area contributed by atoms with E-state index in [1.165, 1.54) is 0 Å². The summed E-state index contributed by atoms with van der Waals surface area (Å²) in [4.78, 5) is 23.5. The van der Waals surface area contributed by atoms with Crippen molar-refractivity contribution in [3.8, 4) is 0 Å². The summed E-state index contributed by atoms with van der Waals surface area (Å²) in [5, 5.41) is 9.81. The summed E-state index contributed by atoms with van der Waals surface area (Å²) in [6.07, 6.45) is 5.93. The number of nitrogens with zero attached hydrogens (tertiary/aromatic N) is 1. The lowest BCUT2D eigenvalue weighted by atomic mass is 10.1. The largest absolute Gasteiger partial charge is 0.756 e. The Morgan fingerprint density at radius 1 is 1.00 bits per heavy atom. The van der Waals surface area contributed by atoms with Crippen molar-refractivity contribution in [3.63, 3.8) is 0 Å². The molecule has 0 fully saturated rings. The number of unbranched alkanes of at least 4 members (excludes halogenated alkanes) is 8. The number of quaternary nitrogens is 1. The second-order valence-corrected chi connectivity index (χ2v) is 11.0. The Balaban J connectivity index is 3.76. The second kappa shape index (κ2) is 21.3. The molecule has 2 atom stereocenters. The molecule has 8 nitrogen and oxygen atoms in total. The predicted octanol–water partition coefficient (Wildman–Crippen LogP) is 5.14. The van der Waals surface area contributed by atoms with Crippen LogP contribution in [-0.2, 0) is 23.1 Å².